The molecule has 2 N–H and O–H groups in total. The summed E-state index contributed by atoms with van der Waals surface area (Å²) in [5, 5.41) is 10.1. The van der Waals surface area contributed by atoms with Gasteiger partial charge in [0.15, 0.2) is 0 Å². The molecule has 1 spiro atoms. The van der Waals surface area contributed by atoms with Gasteiger partial charge in [0, 0.05) is 57.4 Å². The summed E-state index contributed by atoms with van der Waals surface area (Å²) in [6.45, 7) is 8.52. The van der Waals surface area contributed by atoms with Crippen LogP contribution in [0.15, 0.2) is 42.7 Å². The minimum Gasteiger partial charge on any atom is -0.376 e. The fourth-order valence-electron chi connectivity index (χ4n) is 8.02. The highest BCUT2D eigenvalue weighted by atomic mass is 16.5. The van der Waals surface area contributed by atoms with Crippen LogP contribution in [-0.2, 0) is 25.7 Å². The van der Waals surface area contributed by atoms with Crippen LogP contribution in [0.5, 0.6) is 0 Å². The Balaban J connectivity index is 1.16. The van der Waals surface area contributed by atoms with Gasteiger partial charge in [-0.3, -0.25) is 23.9 Å². The topological polar surface area (TPSA) is 126 Å². The fraction of sp³-hybridized carbons (Fsp3) is 0.649. The third-order valence-corrected chi connectivity index (χ3v) is 11.3. The molecule has 2 aliphatic heterocycles. The van der Waals surface area contributed by atoms with Gasteiger partial charge in [-0.25, -0.2) is 0 Å². The third-order valence-electron chi connectivity index (χ3n) is 11.3. The second-order valence-electron chi connectivity index (χ2n) is 15.4. The van der Waals surface area contributed by atoms with E-state index >= 15 is 0 Å². The molecular formula is C37H52N6O5. The molecule has 2 saturated carbocycles. The molecule has 1 aromatic heterocycles. The van der Waals surface area contributed by atoms with Gasteiger partial charge < -0.3 is 25.2 Å². The Hall–Kier alpha value is -3.73. The van der Waals surface area contributed by atoms with Crippen LogP contribution < -0.4 is 10.6 Å². The molecule has 0 unspecified atom stereocenters. The monoisotopic (exact) mass is 660 g/mol. The summed E-state index contributed by atoms with van der Waals surface area (Å²) in [4.78, 5) is 58.0. The number of carbonyl (C=O) groups is 4. The molecule has 48 heavy (non-hydrogen) atoms. The van der Waals surface area contributed by atoms with Crippen LogP contribution in [0.25, 0.3) is 0 Å². The Morgan fingerprint density at radius 3 is 2.29 bits per heavy atom. The van der Waals surface area contributed by atoms with Gasteiger partial charge in [-0.15, -0.1) is 0 Å². The van der Waals surface area contributed by atoms with Gasteiger partial charge in [0.1, 0.15) is 6.04 Å². The average molecular weight is 661 g/mol. The number of nitrogens with zero attached hydrogens (tertiary/aromatic N) is 4. The molecule has 4 atom stereocenters. The average Bonchev–Trinajstić information content (AvgIpc) is 3.34. The number of rotatable bonds is 11. The van der Waals surface area contributed by atoms with E-state index < -0.39 is 23.5 Å². The quantitative estimate of drug-likeness (QED) is 0.356. The van der Waals surface area contributed by atoms with Crippen LogP contribution in [0, 0.1) is 28.6 Å². The van der Waals surface area contributed by atoms with Crippen molar-refractivity contribution in [2.24, 2.45) is 28.6 Å². The molecule has 11 nitrogen and oxygen atoms in total. The third kappa shape index (κ3) is 7.31. The Labute approximate surface area is 284 Å². The molecule has 1 aromatic carbocycles. The van der Waals surface area contributed by atoms with Crippen molar-refractivity contribution in [3.8, 4) is 0 Å². The van der Waals surface area contributed by atoms with Crippen LogP contribution in [-0.4, -0.2) is 95.2 Å². The molecule has 2 aromatic rings. The Bertz CT molecular complexity index is 1480. The molecule has 6 rings (SSSR count). The lowest BCUT2D eigenvalue weighted by Crippen LogP contribution is -2.65. The molecule has 2 aliphatic carbocycles. The van der Waals surface area contributed by atoms with Crippen LogP contribution in [0.2, 0.25) is 0 Å². The molecule has 4 fully saturated rings. The summed E-state index contributed by atoms with van der Waals surface area (Å²) < 4.78 is 7.98. The Kier molecular flexibility index (Phi) is 9.97. The molecule has 2 saturated heterocycles. The maximum absolute atomic E-state index is 14.2. The number of carbonyl (C=O) groups excluding carboxylic acids is 4. The lowest BCUT2D eigenvalue weighted by Gasteiger charge is -2.50. The first-order valence-electron chi connectivity index (χ1n) is 17.8. The zero-order chi connectivity index (χ0) is 34.1. The van der Waals surface area contributed by atoms with Gasteiger partial charge in [0.25, 0.3) is 5.91 Å². The molecule has 4 amide bonds. The highest BCUT2D eigenvalue weighted by Crippen LogP contribution is 2.54. The van der Waals surface area contributed by atoms with Crippen molar-refractivity contribution in [1.29, 1.82) is 0 Å². The van der Waals surface area contributed by atoms with Crippen molar-refractivity contribution in [2.75, 3.05) is 39.8 Å². The number of likely N-dealkylation sites (N-methyl/N-ethyl adjacent to an activating group) is 1. The molecule has 11 heteroatoms. The SMILES string of the molecule is CNC(=O)[C@@H](NC(=O)[C@H]1CN(C(=O)c2cnn(Cc3ccccc3)c2)CC12CN(C(=O)[C@H]1CC1(C)C)C2)[C@@H](C)OCC1CCCCCC1. The van der Waals surface area contributed by atoms with Crippen molar-refractivity contribution in [2.45, 2.75) is 84.4 Å². The first-order chi connectivity index (χ1) is 23.0. The molecule has 260 valence electrons. The van der Waals surface area contributed by atoms with E-state index in [-0.39, 0.29) is 41.5 Å². The van der Waals surface area contributed by atoms with Crippen LogP contribution in [0.3, 0.4) is 0 Å². The smallest absolute Gasteiger partial charge is 0.257 e. The maximum atomic E-state index is 14.2. The largest absolute Gasteiger partial charge is 0.376 e. The van der Waals surface area contributed by atoms with Crippen molar-refractivity contribution < 1.29 is 23.9 Å². The highest BCUT2D eigenvalue weighted by Gasteiger charge is 2.62. The van der Waals surface area contributed by atoms with Crippen LogP contribution in [0.1, 0.15) is 81.6 Å². The first-order valence-corrected chi connectivity index (χ1v) is 17.8. The highest BCUT2D eigenvalue weighted by molar-refractivity contribution is 5.95. The Morgan fingerprint density at radius 2 is 1.65 bits per heavy atom. The van der Waals surface area contributed by atoms with Crippen LogP contribution >= 0.6 is 0 Å². The minimum absolute atomic E-state index is 0.000748. The van der Waals surface area contributed by atoms with Gasteiger partial charge in [0.05, 0.1) is 30.3 Å². The number of amides is 4. The van der Waals surface area contributed by atoms with E-state index in [1.165, 1.54) is 25.7 Å². The zero-order valence-electron chi connectivity index (χ0n) is 29.0. The number of hydrogen-bond donors (Lipinski definition) is 2. The standard InChI is InChI=1S/C37H52N6O5/c1-25(48-21-27-14-8-5-6-9-15-27)31(33(45)38-4)40-32(44)30-20-41(22-37(30)23-42(24-37)35(47)29-16-36(29,2)3)34(46)28-17-39-43(19-28)18-26-12-10-7-11-13-26/h7,10-13,17,19,25,27,29-31H,5-6,8-9,14-16,18,20-24H2,1-4H3,(H,38,45)(H,40,44)/t25-,29-,30-,31+/m1/s1. The number of likely N-dealkylation sites (tertiary alicyclic amines) is 2. The van der Waals surface area contributed by atoms with Crippen LogP contribution in [0.4, 0.5) is 0 Å². The molecule has 4 aliphatic rings. The van der Waals surface area contributed by atoms with E-state index in [1.807, 2.05) is 42.2 Å². The van der Waals surface area contributed by atoms with Crippen molar-refractivity contribution >= 4 is 23.6 Å². The minimum atomic E-state index is -0.878. The maximum Gasteiger partial charge on any atom is 0.257 e. The normalized spacial score (nSPS) is 24.3. The predicted molar refractivity (Wildman–Crippen MR) is 181 cm³/mol. The summed E-state index contributed by atoms with van der Waals surface area (Å²) in [6.07, 6.45) is 10.8. The second-order valence-corrected chi connectivity index (χ2v) is 15.4. The van der Waals surface area contributed by atoms with Gasteiger partial charge in [-0.1, -0.05) is 69.9 Å². The number of benzene rings is 1. The number of nitrogens with one attached hydrogen (secondary N) is 2. The Morgan fingerprint density at radius 1 is 0.979 bits per heavy atom. The number of aromatic nitrogens is 2. The summed E-state index contributed by atoms with van der Waals surface area (Å²) in [7, 11) is 1.56. The zero-order valence-corrected chi connectivity index (χ0v) is 29.0. The summed E-state index contributed by atoms with van der Waals surface area (Å²) in [5.74, 6) is -0.799. The van der Waals surface area contributed by atoms with Crippen molar-refractivity contribution in [3.63, 3.8) is 0 Å². The van der Waals surface area contributed by atoms with E-state index in [1.54, 1.807) is 29.0 Å². The summed E-state index contributed by atoms with van der Waals surface area (Å²) in [6, 6.07) is 9.04. The van der Waals surface area contributed by atoms with E-state index in [0.717, 1.165) is 24.8 Å². The summed E-state index contributed by atoms with van der Waals surface area (Å²) >= 11 is 0. The molecular weight excluding hydrogens is 608 g/mol. The van der Waals surface area contributed by atoms with Crippen molar-refractivity contribution in [1.82, 2.24) is 30.2 Å². The van der Waals surface area contributed by atoms with Gasteiger partial charge in [0.2, 0.25) is 17.7 Å². The second kappa shape index (κ2) is 14.0. The predicted octanol–water partition coefficient (Wildman–Crippen LogP) is 3.48. The van der Waals surface area contributed by atoms with E-state index in [4.69, 9.17) is 4.74 Å². The number of hydrogen-bond acceptors (Lipinski definition) is 6. The fourth-order valence-corrected chi connectivity index (χ4v) is 8.02. The van der Waals surface area contributed by atoms with E-state index in [9.17, 15) is 19.2 Å². The molecule has 3 heterocycles. The lowest BCUT2D eigenvalue weighted by molar-refractivity contribution is -0.152. The van der Waals surface area contributed by atoms with Gasteiger partial charge >= 0.3 is 0 Å². The van der Waals surface area contributed by atoms with Crippen molar-refractivity contribution in [3.05, 3.63) is 53.9 Å². The summed E-state index contributed by atoms with van der Waals surface area (Å²) in [5.41, 5.74) is 0.944. The number of ether oxygens (including phenoxy) is 1. The van der Waals surface area contributed by atoms with E-state index in [0.29, 0.717) is 44.3 Å². The van der Waals surface area contributed by atoms with Gasteiger partial charge in [-0.05, 0) is 43.1 Å². The molecule has 0 radical (unpaired) electrons. The van der Waals surface area contributed by atoms with E-state index in [2.05, 4.69) is 29.6 Å². The van der Waals surface area contributed by atoms with Gasteiger partial charge in [-0.2, -0.15) is 5.10 Å². The lowest BCUT2D eigenvalue weighted by atomic mass is 9.70. The first kappa shape index (κ1) is 34.1. The molecule has 0 bridgehead atoms.